The van der Waals surface area contributed by atoms with E-state index < -0.39 is 15.4 Å². The molecule has 0 unspecified atom stereocenters. The van der Waals surface area contributed by atoms with Crippen LogP contribution in [0.15, 0.2) is 47.4 Å². The Hall–Kier alpha value is -2.51. The summed E-state index contributed by atoms with van der Waals surface area (Å²) in [5.74, 6) is 0.498. The normalized spacial score (nSPS) is 30.3. The molecule has 0 amide bonds. The van der Waals surface area contributed by atoms with E-state index >= 15 is 0 Å². The largest absolute Gasteiger partial charge is 0.457 e. The van der Waals surface area contributed by atoms with Gasteiger partial charge in [0.2, 0.25) is 10.0 Å². The number of Topliss-reactive ketones (excluding diaryl/α,β-unsaturated/α-hetero) is 1. The quantitative estimate of drug-likeness (QED) is 0.325. The fraction of sp³-hybridized carbons (Fsp3) is 0.562. The molecule has 2 atom stereocenters. The molecular formula is C32H39NO5S. The zero-order valence-corrected chi connectivity index (χ0v) is 23.9. The van der Waals surface area contributed by atoms with Crippen molar-refractivity contribution in [2.75, 3.05) is 19.7 Å². The Labute approximate surface area is 232 Å². The van der Waals surface area contributed by atoms with Crippen LogP contribution in [-0.2, 0) is 25.0 Å². The van der Waals surface area contributed by atoms with Crippen molar-refractivity contribution in [2.24, 2.45) is 17.3 Å². The average molecular weight is 550 g/mol. The lowest BCUT2D eigenvalue weighted by atomic mass is 9.43. The zero-order chi connectivity index (χ0) is 27.4. The van der Waals surface area contributed by atoms with Crippen LogP contribution in [0.2, 0.25) is 0 Å². The molecule has 4 aliphatic carbocycles. The van der Waals surface area contributed by atoms with Gasteiger partial charge in [-0.1, -0.05) is 24.6 Å². The van der Waals surface area contributed by atoms with Crippen molar-refractivity contribution in [1.29, 1.82) is 0 Å². The van der Waals surface area contributed by atoms with Gasteiger partial charge in [-0.05, 0) is 123 Å². The number of sulfonamides is 1. The number of aryl methyl sites for hydroxylation is 2. The van der Waals surface area contributed by atoms with Crippen LogP contribution < -0.4 is 0 Å². The van der Waals surface area contributed by atoms with Gasteiger partial charge in [-0.3, -0.25) is 9.59 Å². The first-order valence-electron chi connectivity index (χ1n) is 14.5. The lowest BCUT2D eigenvalue weighted by molar-refractivity contribution is -0.172. The van der Waals surface area contributed by atoms with Crippen LogP contribution in [0, 0.1) is 31.1 Å². The number of ether oxygens (including phenoxy) is 1. The number of carbonyl (C=O) groups is 2. The summed E-state index contributed by atoms with van der Waals surface area (Å²) in [5, 5.41) is 0. The molecule has 208 valence electrons. The average Bonchev–Trinajstić information content (AvgIpc) is 2.92. The second-order valence-corrected chi connectivity index (χ2v) is 14.7. The summed E-state index contributed by atoms with van der Waals surface area (Å²) < 4.78 is 33.1. The topological polar surface area (TPSA) is 80.8 Å². The number of esters is 1. The molecule has 1 heterocycles. The van der Waals surface area contributed by atoms with Gasteiger partial charge in [0.25, 0.3) is 0 Å². The number of carbonyl (C=O) groups excluding carboxylic acids is 2. The lowest BCUT2D eigenvalue weighted by Gasteiger charge is -2.61. The molecule has 2 aromatic carbocycles. The van der Waals surface area contributed by atoms with Crippen molar-refractivity contribution in [3.63, 3.8) is 0 Å². The highest BCUT2D eigenvalue weighted by Crippen LogP contribution is 2.66. The van der Waals surface area contributed by atoms with Crippen molar-refractivity contribution in [1.82, 2.24) is 4.31 Å². The third-order valence-corrected chi connectivity index (χ3v) is 12.0. The summed E-state index contributed by atoms with van der Waals surface area (Å²) in [5.41, 5.74) is 3.79. The van der Waals surface area contributed by atoms with Gasteiger partial charge >= 0.3 is 5.97 Å². The molecule has 7 rings (SSSR count). The van der Waals surface area contributed by atoms with Crippen LogP contribution in [-0.4, -0.2) is 44.2 Å². The van der Waals surface area contributed by atoms with Crippen LogP contribution in [0.3, 0.4) is 0 Å². The fourth-order valence-electron chi connectivity index (χ4n) is 8.35. The Morgan fingerprint density at radius 3 is 2.21 bits per heavy atom. The Morgan fingerprint density at radius 2 is 1.56 bits per heavy atom. The second kappa shape index (κ2) is 9.84. The maximum absolute atomic E-state index is 13.6. The van der Waals surface area contributed by atoms with Gasteiger partial charge in [-0.15, -0.1) is 0 Å². The highest BCUT2D eigenvalue weighted by Gasteiger charge is 2.61. The first kappa shape index (κ1) is 26.7. The fourth-order valence-corrected chi connectivity index (χ4v) is 9.86. The van der Waals surface area contributed by atoms with Crippen LogP contribution in [0.1, 0.15) is 84.8 Å². The molecular weight excluding hydrogens is 510 g/mol. The first-order valence-corrected chi connectivity index (χ1v) is 15.9. The van der Waals surface area contributed by atoms with E-state index in [1.54, 1.807) is 0 Å². The van der Waals surface area contributed by atoms with Crippen LogP contribution in [0.4, 0.5) is 0 Å². The molecule has 0 N–H and O–H groups in total. The summed E-state index contributed by atoms with van der Waals surface area (Å²) in [7, 11) is -3.55. The van der Waals surface area contributed by atoms with E-state index in [4.69, 9.17) is 4.74 Å². The second-order valence-electron chi connectivity index (χ2n) is 12.8. The third-order valence-electron chi connectivity index (χ3n) is 10.1. The number of nitrogens with zero attached hydrogens (tertiary/aromatic N) is 1. The maximum atomic E-state index is 13.6. The van der Waals surface area contributed by atoms with E-state index in [0.717, 1.165) is 51.4 Å². The van der Waals surface area contributed by atoms with Crippen molar-refractivity contribution < 1.29 is 22.7 Å². The summed E-state index contributed by atoms with van der Waals surface area (Å²) in [6.45, 7) is 5.05. The van der Waals surface area contributed by atoms with E-state index in [1.807, 2.05) is 0 Å². The predicted molar refractivity (Wildman–Crippen MR) is 149 cm³/mol. The lowest BCUT2D eigenvalue weighted by Crippen LogP contribution is -2.57. The van der Waals surface area contributed by atoms with E-state index in [1.165, 1.54) is 51.7 Å². The molecule has 1 aliphatic heterocycles. The number of hydrogen-bond donors (Lipinski definition) is 0. The molecule has 0 spiro atoms. The van der Waals surface area contributed by atoms with E-state index in [-0.39, 0.29) is 28.7 Å². The van der Waals surface area contributed by atoms with E-state index in [0.29, 0.717) is 30.5 Å². The summed E-state index contributed by atoms with van der Waals surface area (Å²) in [4.78, 5) is 26.8. The monoisotopic (exact) mass is 549 g/mol. The van der Waals surface area contributed by atoms with Gasteiger partial charge in [0, 0.05) is 18.7 Å². The van der Waals surface area contributed by atoms with Gasteiger partial charge in [-0.25, -0.2) is 8.42 Å². The molecule has 2 aromatic rings. The molecule has 0 radical (unpaired) electrons. The van der Waals surface area contributed by atoms with Gasteiger partial charge in [0.05, 0.1) is 10.3 Å². The maximum Gasteiger partial charge on any atom is 0.312 e. The summed E-state index contributed by atoms with van der Waals surface area (Å²) >= 11 is 0. The standard InChI is InChI=1S/C32H39NO5S/c1-22-6-9-27(14-23(22)2)31-16-24-15-25(17-31)19-32(18-24,21-31)30(35)38-20-29(34)26-7-10-28(11-8-26)39(36,37)33-12-4-3-5-13-33/h6-11,14,24-25H,3-5,12-13,15-21H2,1-2H3/t24-,25-,31?,32?/m0/s1. The van der Waals surface area contributed by atoms with Crippen LogP contribution >= 0.6 is 0 Å². The van der Waals surface area contributed by atoms with Gasteiger partial charge in [-0.2, -0.15) is 4.31 Å². The SMILES string of the molecule is Cc1ccc(C23C[C@@H]4C[C@H](CC(C(=O)OCC(=O)c5ccc(S(=O)(=O)N6CCCCC6)cc5)(C4)C2)C3)cc1C. The van der Waals surface area contributed by atoms with Gasteiger partial charge in [0.15, 0.2) is 12.4 Å². The minimum atomic E-state index is -3.55. The number of piperidine rings is 1. The summed E-state index contributed by atoms with van der Waals surface area (Å²) in [6, 6.07) is 12.8. The number of hydrogen-bond acceptors (Lipinski definition) is 5. The smallest absolute Gasteiger partial charge is 0.312 e. The van der Waals surface area contributed by atoms with Gasteiger partial charge < -0.3 is 4.74 Å². The van der Waals surface area contributed by atoms with Crippen LogP contribution in [0.5, 0.6) is 0 Å². The zero-order valence-electron chi connectivity index (χ0n) is 23.1. The van der Waals surface area contributed by atoms with Crippen molar-refractivity contribution in [2.45, 2.75) is 81.9 Å². The molecule has 4 saturated carbocycles. The summed E-state index contributed by atoms with van der Waals surface area (Å²) in [6.07, 6.45) is 8.75. The molecule has 39 heavy (non-hydrogen) atoms. The number of ketones is 1. The highest BCUT2D eigenvalue weighted by atomic mass is 32.2. The Balaban J connectivity index is 1.14. The molecule has 7 heteroatoms. The van der Waals surface area contributed by atoms with Crippen molar-refractivity contribution in [3.8, 4) is 0 Å². The van der Waals surface area contributed by atoms with Crippen LogP contribution in [0.25, 0.3) is 0 Å². The Kier molecular flexibility index (Phi) is 6.74. The van der Waals surface area contributed by atoms with Crippen molar-refractivity contribution in [3.05, 3.63) is 64.7 Å². The Bertz CT molecular complexity index is 1380. The number of benzene rings is 2. The molecule has 0 aromatic heterocycles. The molecule has 1 saturated heterocycles. The minimum Gasteiger partial charge on any atom is -0.457 e. The van der Waals surface area contributed by atoms with E-state index in [2.05, 4.69) is 32.0 Å². The predicted octanol–water partition coefficient (Wildman–Crippen LogP) is 5.74. The minimum absolute atomic E-state index is 0.0151. The highest BCUT2D eigenvalue weighted by molar-refractivity contribution is 7.89. The van der Waals surface area contributed by atoms with Gasteiger partial charge in [0.1, 0.15) is 0 Å². The molecule has 6 nitrogen and oxygen atoms in total. The van der Waals surface area contributed by atoms with Crippen molar-refractivity contribution >= 4 is 21.8 Å². The first-order chi connectivity index (χ1) is 18.6. The van der Waals surface area contributed by atoms with E-state index in [9.17, 15) is 18.0 Å². The third kappa shape index (κ3) is 4.76. The number of rotatable bonds is 7. The molecule has 5 fully saturated rings. The Morgan fingerprint density at radius 1 is 0.897 bits per heavy atom. The molecule has 5 aliphatic rings. The molecule has 4 bridgehead atoms.